The molecule has 0 saturated carbocycles. The minimum absolute atomic E-state index is 0.0438. The predicted molar refractivity (Wildman–Crippen MR) is 98.5 cm³/mol. The first-order valence-corrected chi connectivity index (χ1v) is 10.1. The van der Waals surface area contributed by atoms with Crippen molar-refractivity contribution in [2.75, 3.05) is 19.8 Å². The van der Waals surface area contributed by atoms with Crippen LogP contribution in [0.5, 0.6) is 0 Å². The van der Waals surface area contributed by atoms with Gasteiger partial charge in [0.15, 0.2) is 0 Å². The molecule has 2 fully saturated rings. The number of nitrogens with one attached hydrogen (secondary N) is 2. The highest BCUT2D eigenvalue weighted by Gasteiger charge is 2.50. The number of fused-ring (bicyclic) bond motifs is 1. The third-order valence-electron chi connectivity index (χ3n) is 4.86. The van der Waals surface area contributed by atoms with Crippen LogP contribution in [-0.4, -0.2) is 59.3 Å². The summed E-state index contributed by atoms with van der Waals surface area (Å²) in [6.07, 6.45) is 4.32. The fourth-order valence-electron chi connectivity index (χ4n) is 3.27. The molecule has 2 heterocycles. The second kappa shape index (κ2) is 8.54. The molecule has 0 aromatic heterocycles. The summed E-state index contributed by atoms with van der Waals surface area (Å²) in [5.41, 5.74) is 0. The Labute approximate surface area is 150 Å². The maximum atomic E-state index is 12.7. The van der Waals surface area contributed by atoms with Crippen LogP contribution in [0.2, 0.25) is 0 Å². The van der Waals surface area contributed by atoms with Crippen molar-refractivity contribution in [3.05, 3.63) is 0 Å². The van der Waals surface area contributed by atoms with Crippen LogP contribution in [0.25, 0.3) is 0 Å². The molecule has 2 saturated heterocycles. The number of unbranched alkanes of at least 4 members (excludes halogenated alkanes) is 1. The summed E-state index contributed by atoms with van der Waals surface area (Å²) in [6.45, 7) is 6.61. The lowest BCUT2D eigenvalue weighted by molar-refractivity contribution is -0.140. The molecule has 2 aliphatic heterocycles. The van der Waals surface area contributed by atoms with Gasteiger partial charge < -0.3 is 4.90 Å². The Morgan fingerprint density at radius 3 is 2.54 bits per heavy atom. The van der Waals surface area contributed by atoms with Crippen molar-refractivity contribution in [3.8, 4) is 0 Å². The lowest BCUT2D eigenvalue weighted by atomic mass is 9.96. The lowest BCUT2D eigenvalue weighted by Gasteiger charge is -2.50. The van der Waals surface area contributed by atoms with Gasteiger partial charge in [-0.3, -0.25) is 20.3 Å². The van der Waals surface area contributed by atoms with Gasteiger partial charge in [0.2, 0.25) is 5.91 Å². The van der Waals surface area contributed by atoms with Crippen LogP contribution in [0.1, 0.15) is 46.5 Å². The molecule has 138 valence electrons. The Morgan fingerprint density at radius 1 is 1.21 bits per heavy atom. The number of thioether (sulfide) groups is 1. The topological polar surface area (TPSA) is 64.7 Å². The first kappa shape index (κ1) is 19.5. The van der Waals surface area contributed by atoms with Crippen LogP contribution in [-0.2, 0) is 4.79 Å². The highest BCUT2D eigenvalue weighted by Crippen LogP contribution is 2.32. The summed E-state index contributed by atoms with van der Waals surface area (Å²) in [5, 5.41) is 7.14. The molecule has 7 heteroatoms. The number of imide groups is 1. The molecular formula is C17H32N4O2S. The van der Waals surface area contributed by atoms with Gasteiger partial charge in [-0.25, -0.2) is 4.79 Å². The molecule has 0 spiro atoms. The Kier molecular flexibility index (Phi) is 6.95. The minimum Gasteiger partial charge on any atom is -0.311 e. The van der Waals surface area contributed by atoms with E-state index in [1.165, 1.54) is 4.90 Å². The highest BCUT2D eigenvalue weighted by molar-refractivity contribution is 7.99. The van der Waals surface area contributed by atoms with E-state index in [1.807, 2.05) is 11.8 Å². The Morgan fingerprint density at radius 2 is 1.92 bits per heavy atom. The fraction of sp³-hybridized carbons (Fsp3) is 0.882. The van der Waals surface area contributed by atoms with E-state index in [9.17, 15) is 9.59 Å². The minimum atomic E-state index is -0.243. The van der Waals surface area contributed by atoms with E-state index in [0.29, 0.717) is 5.92 Å². The molecule has 2 aliphatic rings. The van der Waals surface area contributed by atoms with Gasteiger partial charge in [0.1, 0.15) is 0 Å². The number of hydrogen-bond acceptors (Lipinski definition) is 5. The summed E-state index contributed by atoms with van der Waals surface area (Å²) < 4.78 is 0. The van der Waals surface area contributed by atoms with Crippen LogP contribution >= 0.6 is 11.8 Å². The van der Waals surface area contributed by atoms with Gasteiger partial charge >= 0.3 is 6.03 Å². The molecule has 0 radical (unpaired) electrons. The van der Waals surface area contributed by atoms with Crippen LogP contribution in [0, 0.1) is 11.8 Å². The third-order valence-corrected chi connectivity index (χ3v) is 6.12. The van der Waals surface area contributed by atoms with E-state index in [4.69, 9.17) is 0 Å². The lowest BCUT2D eigenvalue weighted by Crippen LogP contribution is -2.74. The van der Waals surface area contributed by atoms with Gasteiger partial charge in [-0.05, 0) is 24.5 Å². The van der Waals surface area contributed by atoms with Gasteiger partial charge in [0.25, 0.3) is 0 Å². The average molecular weight is 357 g/mol. The van der Waals surface area contributed by atoms with E-state index in [-0.39, 0.29) is 35.6 Å². The van der Waals surface area contributed by atoms with Crippen LogP contribution in [0.3, 0.4) is 0 Å². The summed E-state index contributed by atoms with van der Waals surface area (Å²) >= 11 is 1.82. The van der Waals surface area contributed by atoms with E-state index >= 15 is 0 Å². The molecule has 3 amide bonds. The molecule has 2 rings (SSSR count). The van der Waals surface area contributed by atoms with Crippen molar-refractivity contribution < 1.29 is 9.59 Å². The summed E-state index contributed by atoms with van der Waals surface area (Å²) in [7, 11) is 3.37. The van der Waals surface area contributed by atoms with Crippen LogP contribution in [0.4, 0.5) is 4.79 Å². The average Bonchev–Trinajstić information content (AvgIpc) is 2.55. The molecule has 0 aromatic carbocycles. The number of carbonyl (C=O) groups excluding carboxylic acids is 2. The van der Waals surface area contributed by atoms with Crippen molar-refractivity contribution in [1.82, 2.24) is 20.4 Å². The van der Waals surface area contributed by atoms with Gasteiger partial charge in [0.05, 0.1) is 23.6 Å². The van der Waals surface area contributed by atoms with E-state index in [1.54, 1.807) is 19.0 Å². The Bertz CT molecular complexity index is 460. The number of carbonyl (C=O) groups is 2. The van der Waals surface area contributed by atoms with E-state index in [2.05, 4.69) is 31.4 Å². The normalized spacial score (nSPS) is 30.9. The van der Waals surface area contributed by atoms with Crippen LogP contribution in [0.15, 0.2) is 0 Å². The first-order chi connectivity index (χ1) is 11.4. The van der Waals surface area contributed by atoms with Gasteiger partial charge in [-0.1, -0.05) is 33.6 Å². The summed E-state index contributed by atoms with van der Waals surface area (Å²) in [5.74, 6) is 1.35. The maximum absolute atomic E-state index is 12.7. The first-order valence-electron chi connectivity index (χ1n) is 9.04. The molecule has 0 aliphatic carbocycles. The standard InChI is InChI=1S/C17H32N4O2S/c1-6-7-8-12-18-14-13(15(19-12)24-10-9-11(2)3)16(22)21(5)17(23)20(14)4/h11-15,18-19H,6-10H2,1-5H3. The van der Waals surface area contributed by atoms with Crippen molar-refractivity contribution >= 4 is 23.7 Å². The van der Waals surface area contributed by atoms with Crippen molar-refractivity contribution in [1.29, 1.82) is 0 Å². The molecule has 0 bridgehead atoms. The van der Waals surface area contributed by atoms with Crippen LogP contribution < -0.4 is 10.6 Å². The quantitative estimate of drug-likeness (QED) is 0.733. The maximum Gasteiger partial charge on any atom is 0.327 e. The molecule has 4 unspecified atom stereocenters. The van der Waals surface area contributed by atoms with E-state index < -0.39 is 0 Å². The SMILES string of the molecule is CCCCC1NC(SCCC(C)C)C2C(=O)N(C)C(=O)N(C)C2N1. The molecule has 6 nitrogen and oxygen atoms in total. The second-order valence-corrected chi connectivity index (χ2v) is 8.51. The fourth-order valence-corrected chi connectivity index (χ4v) is 4.87. The largest absolute Gasteiger partial charge is 0.327 e. The molecular weight excluding hydrogens is 324 g/mol. The zero-order valence-corrected chi connectivity index (χ0v) is 16.4. The molecule has 2 N–H and O–H groups in total. The number of amides is 3. The zero-order valence-electron chi connectivity index (χ0n) is 15.5. The zero-order chi connectivity index (χ0) is 17.9. The summed E-state index contributed by atoms with van der Waals surface area (Å²) in [4.78, 5) is 28.0. The summed E-state index contributed by atoms with van der Waals surface area (Å²) in [6, 6.07) is -0.226. The van der Waals surface area contributed by atoms with E-state index in [0.717, 1.165) is 31.4 Å². The third kappa shape index (κ3) is 4.24. The number of rotatable bonds is 7. The molecule has 24 heavy (non-hydrogen) atoms. The smallest absolute Gasteiger partial charge is 0.311 e. The van der Waals surface area contributed by atoms with Gasteiger partial charge in [-0.2, -0.15) is 0 Å². The molecule has 0 aromatic rings. The predicted octanol–water partition coefficient (Wildman–Crippen LogP) is 2.27. The van der Waals surface area contributed by atoms with Crippen molar-refractivity contribution in [2.45, 2.75) is 64.2 Å². The van der Waals surface area contributed by atoms with Crippen molar-refractivity contribution in [3.63, 3.8) is 0 Å². The Hall–Kier alpha value is -0.790. The number of urea groups is 1. The van der Waals surface area contributed by atoms with Gasteiger partial charge in [-0.15, -0.1) is 11.8 Å². The number of hydrogen-bond donors (Lipinski definition) is 2. The van der Waals surface area contributed by atoms with Crippen molar-refractivity contribution in [2.24, 2.45) is 11.8 Å². The number of nitrogens with zero attached hydrogens (tertiary/aromatic N) is 2. The molecule has 4 atom stereocenters. The highest BCUT2D eigenvalue weighted by atomic mass is 32.2. The second-order valence-electron chi connectivity index (χ2n) is 7.26. The monoisotopic (exact) mass is 356 g/mol. The Balaban J connectivity index is 2.14. The van der Waals surface area contributed by atoms with Gasteiger partial charge in [0, 0.05) is 14.1 Å².